The van der Waals surface area contributed by atoms with E-state index in [9.17, 15) is 22.8 Å². The van der Waals surface area contributed by atoms with Gasteiger partial charge in [-0.2, -0.15) is 0 Å². The second-order valence-corrected chi connectivity index (χ2v) is 8.42. The van der Waals surface area contributed by atoms with Gasteiger partial charge in [0.15, 0.2) is 23.3 Å². The lowest BCUT2D eigenvalue weighted by Crippen LogP contribution is -2.43. The summed E-state index contributed by atoms with van der Waals surface area (Å²) >= 11 is 0. The Labute approximate surface area is 204 Å². The highest BCUT2D eigenvalue weighted by atomic mass is 19.2. The van der Waals surface area contributed by atoms with Gasteiger partial charge in [0.25, 0.3) is 11.8 Å². The second kappa shape index (κ2) is 10.6. The fraction of sp³-hybridized carbons (Fsp3) is 0.250. The highest BCUT2D eigenvalue weighted by molar-refractivity contribution is 6.04. The van der Waals surface area contributed by atoms with Crippen LogP contribution in [0.25, 0.3) is 0 Å². The van der Waals surface area contributed by atoms with Crippen LogP contribution >= 0.6 is 0 Å². The Bertz CT molecular complexity index is 1300. The molecule has 9 nitrogen and oxygen atoms in total. The molecule has 1 aliphatic rings. The van der Waals surface area contributed by atoms with E-state index in [1.807, 2.05) is 0 Å². The van der Waals surface area contributed by atoms with Crippen LogP contribution in [0.2, 0.25) is 0 Å². The molecular weight excluding hydrogens is 475 g/mol. The Morgan fingerprint density at radius 3 is 2.44 bits per heavy atom. The van der Waals surface area contributed by atoms with Crippen molar-refractivity contribution in [2.45, 2.75) is 37.8 Å². The van der Waals surface area contributed by atoms with Crippen molar-refractivity contribution in [2.24, 2.45) is 11.5 Å². The Morgan fingerprint density at radius 2 is 1.69 bits per heavy atom. The van der Waals surface area contributed by atoms with Gasteiger partial charge < -0.3 is 27.4 Å². The van der Waals surface area contributed by atoms with Crippen LogP contribution in [0.3, 0.4) is 0 Å². The van der Waals surface area contributed by atoms with Crippen molar-refractivity contribution >= 4 is 34.8 Å². The molecular formula is C24H24F3N7O2. The molecule has 12 heteroatoms. The molecule has 0 spiro atoms. The summed E-state index contributed by atoms with van der Waals surface area (Å²) in [7, 11) is 0. The van der Waals surface area contributed by atoms with Gasteiger partial charge in [0, 0.05) is 12.1 Å². The molecule has 0 bridgehead atoms. The van der Waals surface area contributed by atoms with Gasteiger partial charge in [0.2, 0.25) is 0 Å². The van der Waals surface area contributed by atoms with E-state index in [4.69, 9.17) is 11.5 Å². The molecule has 36 heavy (non-hydrogen) atoms. The average Bonchev–Trinajstić information content (AvgIpc) is 2.84. The molecule has 7 N–H and O–H groups in total. The summed E-state index contributed by atoms with van der Waals surface area (Å²) in [4.78, 5) is 32.5. The zero-order valence-corrected chi connectivity index (χ0v) is 19.0. The van der Waals surface area contributed by atoms with Crippen LogP contribution in [0, 0.1) is 17.5 Å². The number of nitrogens with one attached hydrogen (secondary N) is 3. The summed E-state index contributed by atoms with van der Waals surface area (Å²) in [6.45, 7) is 0. The number of benzene rings is 1. The van der Waals surface area contributed by atoms with Gasteiger partial charge in [-0.05, 0) is 37.1 Å². The maximum Gasteiger partial charge on any atom is 0.258 e. The van der Waals surface area contributed by atoms with E-state index in [-0.39, 0.29) is 40.7 Å². The number of hydrogen-bond donors (Lipinski definition) is 5. The maximum atomic E-state index is 14.7. The molecule has 1 aromatic carbocycles. The third kappa shape index (κ3) is 5.54. The fourth-order valence-corrected chi connectivity index (χ4v) is 3.98. The highest BCUT2D eigenvalue weighted by Crippen LogP contribution is 2.27. The van der Waals surface area contributed by atoms with Crippen LogP contribution in [0.5, 0.6) is 0 Å². The molecule has 3 aromatic rings. The Balaban J connectivity index is 1.57. The van der Waals surface area contributed by atoms with Crippen molar-refractivity contribution in [3.63, 3.8) is 0 Å². The minimum Gasteiger partial charge on any atom is -0.365 e. The number of aromatic nitrogens is 2. The Morgan fingerprint density at radius 1 is 0.944 bits per heavy atom. The van der Waals surface area contributed by atoms with Crippen LogP contribution in [0.4, 0.5) is 36.2 Å². The summed E-state index contributed by atoms with van der Waals surface area (Å²) in [6.07, 6.45) is 6.13. The summed E-state index contributed by atoms with van der Waals surface area (Å²) in [6, 6.07) is 5.28. The van der Waals surface area contributed by atoms with Crippen molar-refractivity contribution in [2.75, 3.05) is 16.0 Å². The van der Waals surface area contributed by atoms with Gasteiger partial charge in [-0.15, -0.1) is 0 Å². The minimum absolute atomic E-state index is 0.0442. The Kier molecular flexibility index (Phi) is 7.34. The second-order valence-electron chi connectivity index (χ2n) is 8.42. The van der Waals surface area contributed by atoms with Crippen molar-refractivity contribution < 1.29 is 22.8 Å². The molecule has 1 saturated carbocycles. The third-order valence-corrected chi connectivity index (χ3v) is 5.84. The molecule has 0 radical (unpaired) electrons. The molecule has 0 saturated heterocycles. The molecule has 1 aliphatic carbocycles. The summed E-state index contributed by atoms with van der Waals surface area (Å²) in [5, 5.41) is 8.28. The topological polar surface area (TPSA) is 148 Å². The molecule has 2 heterocycles. The highest BCUT2D eigenvalue weighted by Gasteiger charge is 2.24. The maximum absolute atomic E-state index is 14.7. The molecule has 2 aromatic heterocycles. The van der Waals surface area contributed by atoms with Gasteiger partial charge in [-0.1, -0.05) is 18.9 Å². The van der Waals surface area contributed by atoms with Gasteiger partial charge in [-0.3, -0.25) is 14.6 Å². The standard InChI is InChI=1S/C24H24F3N7O2/c25-16-5-3-4-14(20(16)27)24(36)32-13-8-12(10-30-11-13)31-22-15(21(29)35)9-17(26)23(34-22)33-19-7-2-1-6-18(19)28/h3-5,8-11,18-19H,1-2,6-7,28H2,(H2,29,35)(H,32,36)(H2,31,33,34)/t18-,19+/m0/s1. The lowest BCUT2D eigenvalue weighted by Gasteiger charge is -2.30. The SMILES string of the molecule is NC(=O)c1cc(F)c(N[C@@H]2CCCC[C@@H]2N)nc1Nc1cncc(NC(=O)c2cccc(F)c2F)c1. The molecule has 2 amide bonds. The number of carbonyl (C=O) groups is 2. The summed E-state index contributed by atoms with van der Waals surface area (Å²) < 4.78 is 42.1. The van der Waals surface area contributed by atoms with Crippen LogP contribution in [0.15, 0.2) is 42.7 Å². The molecule has 2 atom stereocenters. The molecule has 0 aliphatic heterocycles. The zero-order valence-electron chi connectivity index (χ0n) is 19.0. The predicted molar refractivity (Wildman–Crippen MR) is 128 cm³/mol. The quantitative estimate of drug-likeness (QED) is 0.333. The molecule has 1 fully saturated rings. The van der Waals surface area contributed by atoms with Crippen molar-refractivity contribution in [3.05, 3.63) is 71.3 Å². The number of nitrogens with zero attached hydrogens (tertiary/aromatic N) is 2. The Hall–Kier alpha value is -4.19. The van der Waals surface area contributed by atoms with Gasteiger partial charge in [-0.25, -0.2) is 18.2 Å². The van der Waals surface area contributed by atoms with Gasteiger partial charge >= 0.3 is 0 Å². The van der Waals surface area contributed by atoms with Crippen LogP contribution in [-0.4, -0.2) is 33.9 Å². The van der Waals surface area contributed by atoms with Gasteiger partial charge in [0.05, 0.1) is 34.9 Å². The fourth-order valence-electron chi connectivity index (χ4n) is 3.98. The zero-order chi connectivity index (χ0) is 25.8. The van der Waals surface area contributed by atoms with E-state index >= 15 is 0 Å². The number of nitrogens with two attached hydrogens (primary N) is 2. The number of carbonyl (C=O) groups excluding carboxylic acids is 2. The largest absolute Gasteiger partial charge is 0.365 e. The van der Waals surface area contributed by atoms with E-state index in [0.717, 1.165) is 43.9 Å². The number of primary amides is 1. The first-order valence-electron chi connectivity index (χ1n) is 11.2. The number of anilines is 4. The lowest BCUT2D eigenvalue weighted by atomic mass is 9.91. The van der Waals surface area contributed by atoms with Crippen LogP contribution in [-0.2, 0) is 0 Å². The van der Waals surface area contributed by atoms with E-state index < -0.39 is 34.8 Å². The number of halogens is 3. The summed E-state index contributed by atoms with van der Waals surface area (Å²) in [5.41, 5.74) is 11.3. The average molecular weight is 499 g/mol. The predicted octanol–water partition coefficient (Wildman–Crippen LogP) is 3.67. The van der Waals surface area contributed by atoms with Crippen LogP contribution < -0.4 is 27.4 Å². The van der Waals surface area contributed by atoms with E-state index in [2.05, 4.69) is 25.9 Å². The van der Waals surface area contributed by atoms with E-state index in [1.54, 1.807) is 0 Å². The van der Waals surface area contributed by atoms with E-state index in [0.29, 0.717) is 0 Å². The first-order valence-corrected chi connectivity index (χ1v) is 11.2. The smallest absolute Gasteiger partial charge is 0.258 e. The van der Waals surface area contributed by atoms with Gasteiger partial charge in [0.1, 0.15) is 5.82 Å². The first-order chi connectivity index (χ1) is 17.2. The normalized spacial score (nSPS) is 17.3. The van der Waals surface area contributed by atoms with Crippen LogP contribution in [0.1, 0.15) is 46.4 Å². The minimum atomic E-state index is -1.28. The number of rotatable bonds is 7. The lowest BCUT2D eigenvalue weighted by molar-refractivity contribution is 0.0997. The van der Waals surface area contributed by atoms with E-state index in [1.165, 1.54) is 24.5 Å². The van der Waals surface area contributed by atoms with Crippen molar-refractivity contribution in [3.8, 4) is 0 Å². The molecule has 4 rings (SSSR count). The number of amides is 2. The number of hydrogen-bond acceptors (Lipinski definition) is 7. The number of pyridine rings is 2. The van der Waals surface area contributed by atoms with Crippen molar-refractivity contribution in [1.29, 1.82) is 0 Å². The third-order valence-electron chi connectivity index (χ3n) is 5.84. The molecule has 0 unspecified atom stereocenters. The summed E-state index contributed by atoms with van der Waals surface area (Å²) in [5.74, 6) is -5.14. The first kappa shape index (κ1) is 24.9. The van der Waals surface area contributed by atoms with Crippen molar-refractivity contribution in [1.82, 2.24) is 9.97 Å². The monoisotopic (exact) mass is 499 g/mol. The molecule has 188 valence electrons.